The van der Waals surface area contributed by atoms with Crippen molar-refractivity contribution in [1.82, 2.24) is 31.6 Å². The third kappa shape index (κ3) is 13.9. The standard InChI is InChI=1S/C42H55FN6O8S/c1-23(2)37(44-21-29-18-17-28-14-10-11-16-31(28)47-29)41(54)48-33(20-36(52)58-9)40(53)49-38(24(3)4)42(55)46-27(7)26(6)45-32(19-35(51)56-8)34(50)22-57-39-25(5)13-12-15-30(39)43/h10-18,23-24,27,32-33,37-38,44-45H,6,19-22H2,1-5,7-9H3,(H,46,55)(H,48,54)(H,49,53)/t27-,32?,33-,37?,38?/m0/s1. The van der Waals surface area contributed by atoms with Gasteiger partial charge in [-0.25, -0.2) is 4.39 Å². The normalized spacial score (nSPS) is 13.8. The number of carbonyl (C=O) groups is 6. The number of ether oxygens (including phenoxy) is 2. The lowest BCUT2D eigenvalue weighted by atomic mass is 10.0. The number of ketones is 1. The average molecular weight is 823 g/mol. The number of fused-ring (bicyclic) bond motifs is 1. The molecule has 3 unspecified atom stereocenters. The van der Waals surface area contributed by atoms with Crippen molar-refractivity contribution in [3.05, 3.63) is 83.9 Å². The van der Waals surface area contributed by atoms with Gasteiger partial charge in [-0.05, 0) is 55.7 Å². The molecule has 0 aliphatic carbocycles. The number of pyridine rings is 1. The van der Waals surface area contributed by atoms with Crippen LogP contribution in [-0.2, 0) is 40.0 Å². The van der Waals surface area contributed by atoms with E-state index in [0.717, 1.165) is 28.4 Å². The van der Waals surface area contributed by atoms with Gasteiger partial charge in [-0.15, -0.1) is 0 Å². The van der Waals surface area contributed by atoms with Crippen molar-refractivity contribution in [1.29, 1.82) is 0 Å². The van der Waals surface area contributed by atoms with Crippen LogP contribution in [-0.4, -0.2) is 89.8 Å². The number of Topliss-reactive ketones (excluding diaryl/α,β-unsaturated/α-hetero) is 1. The lowest BCUT2D eigenvalue weighted by Crippen LogP contribution is -2.59. The summed E-state index contributed by atoms with van der Waals surface area (Å²) in [5.41, 5.74) is 2.16. The maximum Gasteiger partial charge on any atom is 0.308 e. The van der Waals surface area contributed by atoms with E-state index in [4.69, 9.17) is 9.47 Å². The highest BCUT2D eigenvalue weighted by Crippen LogP contribution is 2.22. The molecule has 3 rings (SSSR count). The topological polar surface area (TPSA) is 194 Å². The fourth-order valence-corrected chi connectivity index (χ4v) is 6.17. The van der Waals surface area contributed by atoms with E-state index in [9.17, 15) is 33.2 Å². The van der Waals surface area contributed by atoms with E-state index >= 15 is 0 Å². The Balaban J connectivity index is 1.69. The van der Waals surface area contributed by atoms with Gasteiger partial charge in [0.25, 0.3) is 0 Å². The predicted octanol–water partition coefficient (Wildman–Crippen LogP) is 3.89. The second-order valence-corrected chi connectivity index (χ2v) is 15.4. The fourth-order valence-electron chi connectivity index (χ4n) is 5.84. The summed E-state index contributed by atoms with van der Waals surface area (Å²) in [7, 11) is 1.17. The largest absolute Gasteiger partial charge is 0.482 e. The van der Waals surface area contributed by atoms with Crippen molar-refractivity contribution in [2.75, 3.05) is 20.0 Å². The molecule has 1 heterocycles. The monoisotopic (exact) mass is 822 g/mol. The van der Waals surface area contributed by atoms with Crippen LogP contribution in [0.4, 0.5) is 4.39 Å². The van der Waals surface area contributed by atoms with Gasteiger partial charge >= 0.3 is 5.97 Å². The van der Waals surface area contributed by atoms with E-state index in [1.165, 1.54) is 19.2 Å². The van der Waals surface area contributed by atoms with Gasteiger partial charge in [-0.1, -0.05) is 82.4 Å². The van der Waals surface area contributed by atoms with Crippen molar-refractivity contribution in [3.8, 4) is 5.75 Å². The van der Waals surface area contributed by atoms with E-state index < -0.39 is 84.4 Å². The molecule has 0 saturated carbocycles. The predicted molar refractivity (Wildman–Crippen MR) is 221 cm³/mol. The summed E-state index contributed by atoms with van der Waals surface area (Å²) in [4.78, 5) is 83.8. The second kappa shape index (κ2) is 22.6. The Labute approximate surface area is 343 Å². The van der Waals surface area contributed by atoms with Gasteiger partial charge in [-0.3, -0.25) is 39.1 Å². The first-order valence-electron chi connectivity index (χ1n) is 18.9. The molecular weight excluding hydrogens is 768 g/mol. The SMILES string of the molecule is C=C(NC(CC(=O)OC)C(=O)COc1c(C)cccc1F)[C@H](C)NC(=O)C(NC(=O)[C@H](CC(=O)SC)NC(=O)C(NCc1ccc2ccccc2n1)C(C)C)C(C)C. The number of thioether (sulfide) groups is 1. The maximum atomic E-state index is 14.3. The highest BCUT2D eigenvalue weighted by molar-refractivity contribution is 8.13. The third-order valence-electron chi connectivity index (χ3n) is 9.34. The van der Waals surface area contributed by atoms with Gasteiger partial charge in [0.15, 0.2) is 22.5 Å². The number of esters is 1. The Kier molecular flexibility index (Phi) is 18.3. The molecule has 0 aliphatic rings. The fraction of sp³-hybridized carbons (Fsp3) is 0.452. The number of halogens is 1. The number of aryl methyl sites for hydroxylation is 1. The molecule has 58 heavy (non-hydrogen) atoms. The molecule has 314 valence electrons. The van der Waals surface area contributed by atoms with Crippen LogP contribution in [0.25, 0.3) is 10.9 Å². The minimum atomic E-state index is -1.29. The average Bonchev–Trinajstić information content (AvgIpc) is 3.18. The zero-order chi connectivity index (χ0) is 43.1. The summed E-state index contributed by atoms with van der Waals surface area (Å²) in [6.45, 7) is 14.0. The number of nitrogens with zero attached hydrogens (tertiary/aromatic N) is 1. The van der Waals surface area contributed by atoms with E-state index in [-0.39, 0.29) is 35.4 Å². The summed E-state index contributed by atoms with van der Waals surface area (Å²) in [5.74, 6) is -4.56. The quantitative estimate of drug-likeness (QED) is 0.0920. The first-order chi connectivity index (χ1) is 27.4. The molecule has 0 aliphatic heterocycles. The van der Waals surface area contributed by atoms with Crippen LogP contribution in [0.3, 0.4) is 0 Å². The number of methoxy groups -OCH3 is 1. The van der Waals surface area contributed by atoms with Crippen LogP contribution in [0.2, 0.25) is 0 Å². The minimum Gasteiger partial charge on any atom is -0.482 e. The number of hydrogen-bond donors (Lipinski definition) is 5. The Hall–Kier alpha value is -5.35. The van der Waals surface area contributed by atoms with Crippen LogP contribution in [0.15, 0.2) is 66.9 Å². The molecule has 5 N–H and O–H groups in total. The van der Waals surface area contributed by atoms with Crippen molar-refractivity contribution >= 4 is 57.3 Å². The Morgan fingerprint density at radius 2 is 1.47 bits per heavy atom. The van der Waals surface area contributed by atoms with Crippen LogP contribution < -0.4 is 31.3 Å². The lowest BCUT2D eigenvalue weighted by Gasteiger charge is -2.29. The zero-order valence-electron chi connectivity index (χ0n) is 34.3. The molecule has 3 aromatic rings. The van der Waals surface area contributed by atoms with Crippen LogP contribution >= 0.6 is 11.8 Å². The van der Waals surface area contributed by atoms with Gasteiger partial charge in [0, 0.05) is 24.0 Å². The van der Waals surface area contributed by atoms with Crippen LogP contribution in [0, 0.1) is 24.6 Å². The molecule has 14 nitrogen and oxygen atoms in total. The minimum absolute atomic E-state index is 0.0977. The number of amides is 3. The summed E-state index contributed by atoms with van der Waals surface area (Å²) in [5, 5.41) is 14.9. The molecular formula is C42H55FN6O8S. The molecule has 3 amide bonds. The molecule has 1 aromatic heterocycles. The second-order valence-electron chi connectivity index (χ2n) is 14.5. The number of nitrogens with one attached hydrogen (secondary N) is 5. The van der Waals surface area contributed by atoms with Gasteiger partial charge in [0.1, 0.15) is 18.7 Å². The Morgan fingerprint density at radius 1 is 0.793 bits per heavy atom. The zero-order valence-corrected chi connectivity index (χ0v) is 35.1. The number of carbonyl (C=O) groups excluding carboxylic acids is 6. The number of aromatic nitrogens is 1. The molecule has 0 bridgehead atoms. The molecule has 0 radical (unpaired) electrons. The summed E-state index contributed by atoms with van der Waals surface area (Å²) in [6.07, 6.45) is 0.838. The van der Waals surface area contributed by atoms with E-state index in [0.29, 0.717) is 5.56 Å². The van der Waals surface area contributed by atoms with Crippen LogP contribution in [0.5, 0.6) is 5.75 Å². The van der Waals surface area contributed by atoms with Gasteiger partial charge in [0.2, 0.25) is 17.7 Å². The highest BCUT2D eigenvalue weighted by Gasteiger charge is 2.33. The first-order valence-corrected chi connectivity index (χ1v) is 20.2. The number of para-hydroxylation sites is 2. The lowest BCUT2D eigenvalue weighted by molar-refractivity contribution is -0.143. The third-order valence-corrected chi connectivity index (χ3v) is 9.96. The molecule has 0 spiro atoms. The molecule has 5 atom stereocenters. The number of hydrogen-bond acceptors (Lipinski definition) is 12. The molecule has 0 fully saturated rings. The van der Waals surface area contributed by atoms with Crippen molar-refractivity contribution in [2.24, 2.45) is 11.8 Å². The number of rotatable bonds is 22. The smallest absolute Gasteiger partial charge is 0.308 e. The summed E-state index contributed by atoms with van der Waals surface area (Å²) >= 11 is 0.911. The molecule has 16 heteroatoms. The number of benzene rings is 2. The van der Waals surface area contributed by atoms with Crippen molar-refractivity contribution < 1.29 is 42.6 Å². The first kappa shape index (κ1) is 47.0. The van der Waals surface area contributed by atoms with E-state index in [1.807, 2.05) is 50.2 Å². The van der Waals surface area contributed by atoms with E-state index in [2.05, 4.69) is 38.1 Å². The van der Waals surface area contributed by atoms with Crippen LogP contribution in [0.1, 0.15) is 58.7 Å². The highest BCUT2D eigenvalue weighted by atomic mass is 32.2. The summed E-state index contributed by atoms with van der Waals surface area (Å²) < 4.78 is 24.5. The Morgan fingerprint density at radius 3 is 2.10 bits per heavy atom. The summed E-state index contributed by atoms with van der Waals surface area (Å²) in [6, 6.07) is 10.6. The molecule has 2 aromatic carbocycles. The maximum absolute atomic E-state index is 14.3. The molecule has 0 saturated heterocycles. The van der Waals surface area contributed by atoms with Gasteiger partial charge in [0.05, 0.1) is 42.9 Å². The van der Waals surface area contributed by atoms with Gasteiger partial charge < -0.3 is 30.7 Å². The van der Waals surface area contributed by atoms with Gasteiger partial charge in [-0.2, -0.15) is 0 Å². The van der Waals surface area contributed by atoms with E-state index in [1.54, 1.807) is 40.0 Å². The van der Waals surface area contributed by atoms with Crippen molar-refractivity contribution in [2.45, 2.75) is 91.1 Å². The van der Waals surface area contributed by atoms with Crippen molar-refractivity contribution in [3.63, 3.8) is 0 Å². The Bertz CT molecular complexity index is 1940.